The van der Waals surface area contributed by atoms with Gasteiger partial charge in [0.15, 0.2) is 0 Å². The van der Waals surface area contributed by atoms with Crippen LogP contribution in [-0.4, -0.2) is 5.91 Å². The van der Waals surface area contributed by atoms with Crippen molar-refractivity contribution < 1.29 is 9.18 Å². The van der Waals surface area contributed by atoms with Gasteiger partial charge in [-0.1, -0.05) is 36.4 Å². The molecule has 1 N–H and O–H groups in total. The lowest BCUT2D eigenvalue weighted by molar-refractivity contribution is -0.124. The molecule has 0 atom stereocenters. The molecule has 1 aliphatic carbocycles. The average Bonchev–Trinajstić information content (AvgIpc) is 2.89. The van der Waals surface area contributed by atoms with Crippen molar-refractivity contribution in [1.82, 2.24) is 5.32 Å². The van der Waals surface area contributed by atoms with E-state index < -0.39 is 0 Å². The summed E-state index contributed by atoms with van der Waals surface area (Å²) < 4.78 is 13.1. The molecule has 0 radical (unpaired) electrons. The first-order valence-corrected chi connectivity index (χ1v) is 6.81. The van der Waals surface area contributed by atoms with Crippen LogP contribution in [-0.2, 0) is 24.2 Å². The van der Waals surface area contributed by atoms with E-state index in [1.54, 1.807) is 6.07 Å². The van der Waals surface area contributed by atoms with Crippen LogP contribution in [0.5, 0.6) is 0 Å². The molecule has 0 bridgehead atoms. The van der Waals surface area contributed by atoms with Crippen LogP contribution in [0.3, 0.4) is 0 Å². The molecule has 0 unspecified atom stereocenters. The van der Waals surface area contributed by atoms with Crippen LogP contribution in [0.15, 0.2) is 48.5 Å². The predicted molar refractivity (Wildman–Crippen MR) is 75.6 cm³/mol. The van der Waals surface area contributed by atoms with Gasteiger partial charge in [-0.15, -0.1) is 0 Å². The zero-order valence-corrected chi connectivity index (χ0v) is 11.1. The lowest BCUT2D eigenvalue weighted by atomic mass is 10.1. The fourth-order valence-corrected chi connectivity index (χ4v) is 2.72. The largest absolute Gasteiger partial charge is 0.352 e. The van der Waals surface area contributed by atoms with E-state index in [2.05, 4.69) is 17.4 Å². The fourth-order valence-electron chi connectivity index (χ4n) is 2.72. The summed E-state index contributed by atoms with van der Waals surface area (Å²) in [6.07, 6.45) is 1.59. The van der Waals surface area contributed by atoms with Crippen molar-refractivity contribution in [3.8, 4) is 0 Å². The van der Waals surface area contributed by atoms with E-state index >= 15 is 0 Å². The zero-order chi connectivity index (χ0) is 13.9. The van der Waals surface area contributed by atoms with E-state index in [0.29, 0.717) is 6.54 Å². The summed E-state index contributed by atoms with van der Waals surface area (Å²) in [4.78, 5) is 12.2. The maximum absolute atomic E-state index is 13.1. The molecule has 2 aromatic rings. The van der Waals surface area contributed by atoms with E-state index in [4.69, 9.17) is 0 Å². The van der Waals surface area contributed by atoms with Crippen LogP contribution in [0.1, 0.15) is 16.7 Å². The first-order chi connectivity index (χ1) is 9.72. The van der Waals surface area contributed by atoms with Crippen molar-refractivity contribution in [3.63, 3.8) is 0 Å². The van der Waals surface area contributed by atoms with Crippen LogP contribution in [0.4, 0.5) is 4.39 Å². The Morgan fingerprint density at radius 1 is 1.10 bits per heavy atom. The van der Waals surface area contributed by atoms with Gasteiger partial charge in [0.2, 0.25) is 5.91 Å². The van der Waals surface area contributed by atoms with E-state index in [1.165, 1.54) is 23.3 Å². The Hall–Kier alpha value is -2.16. The summed E-state index contributed by atoms with van der Waals surface area (Å²) in [6.45, 7) is 0.378. The Balaban J connectivity index is 1.59. The van der Waals surface area contributed by atoms with Gasteiger partial charge in [-0.3, -0.25) is 4.79 Å². The number of benzene rings is 2. The second-order valence-electron chi connectivity index (χ2n) is 5.22. The topological polar surface area (TPSA) is 29.1 Å². The summed E-state index contributed by atoms with van der Waals surface area (Å²) in [5.74, 6) is -0.226. The van der Waals surface area contributed by atoms with E-state index in [1.807, 2.05) is 18.2 Å². The lowest BCUT2D eigenvalue weighted by Gasteiger charge is -2.10. The van der Waals surface area contributed by atoms with Crippen molar-refractivity contribution in [2.75, 3.05) is 0 Å². The number of carbonyl (C=O) groups is 1. The van der Waals surface area contributed by atoms with Crippen molar-refractivity contribution in [1.29, 1.82) is 0 Å². The fraction of sp³-hybridized carbons (Fsp3) is 0.235. The molecular formula is C17H16FNO. The quantitative estimate of drug-likeness (QED) is 0.912. The number of nitrogens with one attached hydrogen (secondary N) is 1. The Morgan fingerprint density at radius 3 is 2.45 bits per heavy atom. The molecule has 2 aromatic carbocycles. The molecular weight excluding hydrogens is 253 g/mol. The smallest absolute Gasteiger partial charge is 0.224 e. The highest BCUT2D eigenvalue weighted by atomic mass is 19.1. The highest BCUT2D eigenvalue weighted by molar-refractivity contribution is 5.80. The molecule has 0 saturated carbocycles. The van der Waals surface area contributed by atoms with Gasteiger partial charge in [-0.2, -0.15) is 0 Å². The molecule has 3 heteroatoms. The number of rotatable bonds is 3. The molecule has 0 heterocycles. The maximum Gasteiger partial charge on any atom is 0.224 e. The average molecular weight is 269 g/mol. The number of fused-ring (bicyclic) bond motifs is 1. The molecule has 0 spiro atoms. The number of carbonyl (C=O) groups excluding carboxylic acids is 1. The molecule has 1 aliphatic rings. The third-order valence-electron chi connectivity index (χ3n) is 3.78. The maximum atomic E-state index is 13.1. The summed E-state index contributed by atoms with van der Waals surface area (Å²) in [5, 5.41) is 2.90. The normalized spacial score (nSPS) is 14.1. The minimum Gasteiger partial charge on any atom is -0.352 e. The number of amides is 1. The van der Waals surface area contributed by atoms with Gasteiger partial charge in [0, 0.05) is 12.5 Å². The van der Waals surface area contributed by atoms with Gasteiger partial charge >= 0.3 is 0 Å². The SMILES string of the molecule is O=C(NCc1cccc(F)c1)C1Cc2ccccc2C1. The molecule has 2 nitrogen and oxygen atoms in total. The standard InChI is InChI=1S/C17H16FNO/c18-16-7-3-4-12(8-16)11-19-17(20)15-9-13-5-1-2-6-14(13)10-15/h1-8,15H,9-11H2,(H,19,20). The second-order valence-corrected chi connectivity index (χ2v) is 5.22. The predicted octanol–water partition coefficient (Wildman–Crippen LogP) is 2.86. The second kappa shape index (κ2) is 5.45. The van der Waals surface area contributed by atoms with Gasteiger partial charge in [0.25, 0.3) is 0 Å². The van der Waals surface area contributed by atoms with Gasteiger partial charge in [0.1, 0.15) is 5.82 Å². The summed E-state index contributed by atoms with van der Waals surface area (Å²) in [5.41, 5.74) is 3.31. The number of hydrogen-bond acceptors (Lipinski definition) is 1. The third kappa shape index (κ3) is 2.72. The Bertz CT molecular complexity index is 613. The molecule has 0 fully saturated rings. The highest BCUT2D eigenvalue weighted by Crippen LogP contribution is 2.26. The van der Waals surface area contributed by atoms with Crippen molar-refractivity contribution >= 4 is 5.91 Å². The molecule has 0 aliphatic heterocycles. The summed E-state index contributed by atoms with van der Waals surface area (Å²) in [6, 6.07) is 14.5. The van der Waals surface area contributed by atoms with Gasteiger partial charge in [-0.25, -0.2) is 4.39 Å². The molecule has 1 amide bonds. The lowest BCUT2D eigenvalue weighted by Crippen LogP contribution is -2.30. The van der Waals surface area contributed by atoms with E-state index in [9.17, 15) is 9.18 Å². The van der Waals surface area contributed by atoms with Crippen molar-refractivity contribution in [2.24, 2.45) is 5.92 Å². The molecule has 3 rings (SSSR count). The van der Waals surface area contributed by atoms with Crippen LogP contribution < -0.4 is 5.32 Å². The third-order valence-corrected chi connectivity index (χ3v) is 3.78. The van der Waals surface area contributed by atoms with Crippen LogP contribution in [0, 0.1) is 11.7 Å². The number of hydrogen-bond donors (Lipinski definition) is 1. The summed E-state index contributed by atoms with van der Waals surface area (Å²) >= 11 is 0. The Labute approximate surface area is 117 Å². The molecule has 20 heavy (non-hydrogen) atoms. The van der Waals surface area contributed by atoms with E-state index in [-0.39, 0.29) is 17.6 Å². The summed E-state index contributed by atoms with van der Waals surface area (Å²) in [7, 11) is 0. The molecule has 0 aromatic heterocycles. The molecule has 102 valence electrons. The van der Waals surface area contributed by atoms with Gasteiger partial charge < -0.3 is 5.32 Å². The Kier molecular flexibility index (Phi) is 3.50. The van der Waals surface area contributed by atoms with Crippen molar-refractivity contribution in [3.05, 3.63) is 71.0 Å². The van der Waals surface area contributed by atoms with Crippen LogP contribution in [0.2, 0.25) is 0 Å². The zero-order valence-electron chi connectivity index (χ0n) is 11.1. The minimum absolute atomic E-state index is 0.000888. The minimum atomic E-state index is -0.273. The van der Waals surface area contributed by atoms with Gasteiger partial charge in [0.05, 0.1) is 0 Å². The van der Waals surface area contributed by atoms with Crippen molar-refractivity contribution in [2.45, 2.75) is 19.4 Å². The van der Waals surface area contributed by atoms with Crippen LogP contribution >= 0.6 is 0 Å². The van der Waals surface area contributed by atoms with Crippen LogP contribution in [0.25, 0.3) is 0 Å². The monoisotopic (exact) mass is 269 g/mol. The van der Waals surface area contributed by atoms with Gasteiger partial charge in [-0.05, 0) is 41.7 Å². The first kappa shape index (κ1) is 12.9. The highest BCUT2D eigenvalue weighted by Gasteiger charge is 2.26. The molecule has 0 saturated heterocycles. The Morgan fingerprint density at radius 2 is 1.80 bits per heavy atom. The van der Waals surface area contributed by atoms with E-state index in [0.717, 1.165) is 18.4 Å². The number of halogens is 1. The first-order valence-electron chi connectivity index (χ1n) is 6.81.